The number of halogens is 3. The van der Waals surface area contributed by atoms with Gasteiger partial charge in [-0.25, -0.2) is 4.98 Å². The van der Waals surface area contributed by atoms with Crippen LogP contribution in [0, 0.1) is 0 Å². The summed E-state index contributed by atoms with van der Waals surface area (Å²) in [5.74, 6) is 0.116. The van der Waals surface area contributed by atoms with Crippen molar-refractivity contribution in [1.82, 2.24) is 14.5 Å². The van der Waals surface area contributed by atoms with Gasteiger partial charge < -0.3 is 9.47 Å². The maximum Gasteiger partial charge on any atom is 0.416 e. The lowest BCUT2D eigenvalue weighted by atomic mass is 10.1. The predicted octanol–water partition coefficient (Wildman–Crippen LogP) is 3.78. The molecule has 2 aromatic rings. The van der Waals surface area contributed by atoms with Crippen molar-refractivity contribution < 1.29 is 18.0 Å². The number of fused-ring (bicyclic) bond motifs is 1. The van der Waals surface area contributed by atoms with Gasteiger partial charge in [0.1, 0.15) is 0 Å². The molecule has 7 heteroatoms. The van der Waals surface area contributed by atoms with Crippen LogP contribution in [-0.2, 0) is 12.8 Å². The molecule has 4 nitrogen and oxygen atoms in total. The van der Waals surface area contributed by atoms with Crippen LogP contribution in [-0.4, -0.2) is 26.9 Å². The van der Waals surface area contributed by atoms with Gasteiger partial charge in [-0.15, -0.1) is 0 Å². The molecule has 0 fully saturated rings. The standard InChI is InChI=1S/C16H16F3N3O/c1-2-3-7-21-10-22-13(9-20-14(22)15(21)23)11-5-4-6-12(8-11)16(17,18)19/h4-6,8-9H,2-3,7,10H2,1H3. The van der Waals surface area contributed by atoms with E-state index < -0.39 is 11.7 Å². The van der Waals surface area contributed by atoms with Crippen molar-refractivity contribution >= 4 is 5.91 Å². The largest absolute Gasteiger partial charge is 0.416 e. The summed E-state index contributed by atoms with van der Waals surface area (Å²) in [7, 11) is 0. The second-order valence-electron chi connectivity index (χ2n) is 5.54. The van der Waals surface area contributed by atoms with Gasteiger partial charge in [0.15, 0.2) is 0 Å². The lowest BCUT2D eigenvalue weighted by Crippen LogP contribution is -2.25. The average Bonchev–Trinajstić information content (AvgIpc) is 3.05. The van der Waals surface area contributed by atoms with E-state index in [1.54, 1.807) is 15.5 Å². The van der Waals surface area contributed by atoms with Crippen LogP contribution in [0.1, 0.15) is 35.9 Å². The zero-order chi connectivity index (χ0) is 16.6. The molecule has 0 atom stereocenters. The number of carbonyl (C=O) groups excluding carboxylic acids is 1. The molecule has 1 aromatic carbocycles. The summed E-state index contributed by atoms with van der Waals surface area (Å²) in [5.41, 5.74) is 0.222. The normalized spacial score (nSPS) is 14.4. The van der Waals surface area contributed by atoms with Crippen LogP contribution in [0.3, 0.4) is 0 Å². The van der Waals surface area contributed by atoms with Gasteiger partial charge in [0.05, 0.1) is 24.1 Å². The summed E-state index contributed by atoms with van der Waals surface area (Å²) in [6, 6.07) is 5.08. The van der Waals surface area contributed by atoms with Crippen molar-refractivity contribution in [2.24, 2.45) is 0 Å². The van der Waals surface area contributed by atoms with E-state index in [1.807, 2.05) is 6.92 Å². The summed E-state index contributed by atoms with van der Waals surface area (Å²) in [6.07, 6.45) is -1.09. The third-order valence-corrected chi connectivity index (χ3v) is 3.91. The van der Waals surface area contributed by atoms with E-state index in [0.717, 1.165) is 25.0 Å². The summed E-state index contributed by atoms with van der Waals surface area (Å²) in [5, 5.41) is 0. The first-order valence-electron chi connectivity index (χ1n) is 7.44. The number of benzene rings is 1. The molecule has 122 valence electrons. The van der Waals surface area contributed by atoms with E-state index >= 15 is 0 Å². The van der Waals surface area contributed by atoms with Crippen molar-refractivity contribution in [2.75, 3.05) is 6.54 Å². The molecule has 0 unspecified atom stereocenters. The summed E-state index contributed by atoms with van der Waals surface area (Å²) in [6.45, 7) is 2.99. The molecule has 1 amide bonds. The molecular formula is C16H16F3N3O. The molecule has 3 rings (SSSR count). The maximum atomic E-state index is 12.9. The van der Waals surface area contributed by atoms with E-state index in [1.165, 1.54) is 12.3 Å². The van der Waals surface area contributed by atoms with Crippen LogP contribution < -0.4 is 0 Å². The highest BCUT2D eigenvalue weighted by atomic mass is 19.4. The fraction of sp³-hybridized carbons (Fsp3) is 0.375. The first-order valence-corrected chi connectivity index (χ1v) is 7.44. The lowest BCUT2D eigenvalue weighted by Gasteiger charge is -2.15. The molecule has 1 aliphatic heterocycles. The predicted molar refractivity (Wildman–Crippen MR) is 78.6 cm³/mol. The highest BCUT2D eigenvalue weighted by molar-refractivity contribution is 5.93. The molecule has 0 spiro atoms. The number of rotatable bonds is 4. The Morgan fingerprint density at radius 1 is 1.30 bits per heavy atom. The van der Waals surface area contributed by atoms with Crippen LogP contribution >= 0.6 is 0 Å². The minimum Gasteiger partial charge on any atom is -0.318 e. The van der Waals surface area contributed by atoms with Crippen LogP contribution in [0.25, 0.3) is 11.3 Å². The Bertz CT molecular complexity index is 736. The van der Waals surface area contributed by atoms with Crippen LogP contribution in [0.15, 0.2) is 30.5 Å². The summed E-state index contributed by atoms with van der Waals surface area (Å²) >= 11 is 0. The second-order valence-corrected chi connectivity index (χ2v) is 5.54. The fourth-order valence-corrected chi connectivity index (χ4v) is 2.67. The summed E-state index contributed by atoms with van der Waals surface area (Å²) in [4.78, 5) is 18.0. The Labute approximate surface area is 131 Å². The molecule has 2 heterocycles. The second kappa shape index (κ2) is 5.72. The Kier molecular flexibility index (Phi) is 3.87. The first-order chi connectivity index (χ1) is 10.9. The van der Waals surface area contributed by atoms with E-state index in [2.05, 4.69) is 4.98 Å². The Morgan fingerprint density at radius 3 is 2.78 bits per heavy atom. The van der Waals surface area contributed by atoms with E-state index in [9.17, 15) is 18.0 Å². The number of hydrogen-bond acceptors (Lipinski definition) is 2. The SMILES string of the molecule is CCCCN1Cn2c(-c3cccc(C(F)(F)F)c3)cnc2C1=O. The van der Waals surface area contributed by atoms with Crippen molar-refractivity contribution in [2.45, 2.75) is 32.6 Å². The van der Waals surface area contributed by atoms with Gasteiger partial charge in [-0.3, -0.25) is 4.79 Å². The minimum absolute atomic E-state index is 0.170. The molecular weight excluding hydrogens is 307 g/mol. The number of unbranched alkanes of at least 4 members (excludes halogenated alkanes) is 1. The van der Waals surface area contributed by atoms with Crippen LogP contribution in [0.2, 0.25) is 0 Å². The molecule has 0 saturated carbocycles. The molecule has 1 aliphatic rings. The number of carbonyl (C=O) groups is 1. The molecule has 1 aromatic heterocycles. The first kappa shape index (κ1) is 15.6. The third kappa shape index (κ3) is 2.83. The average molecular weight is 323 g/mol. The molecule has 0 aliphatic carbocycles. The topological polar surface area (TPSA) is 38.1 Å². The Balaban J connectivity index is 1.94. The highest BCUT2D eigenvalue weighted by Gasteiger charge is 2.33. The molecule has 0 saturated heterocycles. The van der Waals surface area contributed by atoms with Crippen LogP contribution in [0.5, 0.6) is 0 Å². The number of hydrogen-bond donors (Lipinski definition) is 0. The van der Waals surface area contributed by atoms with Gasteiger partial charge in [0.2, 0.25) is 5.82 Å². The Hall–Kier alpha value is -2.31. The van der Waals surface area contributed by atoms with Gasteiger partial charge in [0, 0.05) is 12.1 Å². The number of amides is 1. The van der Waals surface area contributed by atoms with Gasteiger partial charge in [-0.05, 0) is 18.6 Å². The van der Waals surface area contributed by atoms with Crippen molar-refractivity contribution in [1.29, 1.82) is 0 Å². The Morgan fingerprint density at radius 2 is 2.09 bits per heavy atom. The number of nitrogens with zero attached hydrogens (tertiary/aromatic N) is 3. The van der Waals surface area contributed by atoms with E-state index in [4.69, 9.17) is 0 Å². The molecule has 0 N–H and O–H groups in total. The number of alkyl halides is 3. The zero-order valence-corrected chi connectivity index (χ0v) is 12.6. The number of aromatic nitrogens is 2. The van der Waals surface area contributed by atoms with Gasteiger partial charge in [-0.2, -0.15) is 13.2 Å². The van der Waals surface area contributed by atoms with Crippen molar-refractivity contribution in [3.8, 4) is 11.3 Å². The van der Waals surface area contributed by atoms with Gasteiger partial charge >= 0.3 is 6.18 Å². The number of imidazole rings is 1. The smallest absolute Gasteiger partial charge is 0.318 e. The summed E-state index contributed by atoms with van der Waals surface area (Å²) < 4.78 is 40.3. The lowest BCUT2D eigenvalue weighted by molar-refractivity contribution is -0.137. The molecule has 23 heavy (non-hydrogen) atoms. The van der Waals surface area contributed by atoms with Gasteiger partial charge in [-0.1, -0.05) is 25.5 Å². The van der Waals surface area contributed by atoms with Gasteiger partial charge in [0.25, 0.3) is 5.91 Å². The van der Waals surface area contributed by atoms with Crippen LogP contribution in [0.4, 0.5) is 13.2 Å². The fourth-order valence-electron chi connectivity index (χ4n) is 2.67. The van der Waals surface area contributed by atoms with Crippen molar-refractivity contribution in [3.63, 3.8) is 0 Å². The minimum atomic E-state index is -4.40. The molecule has 0 bridgehead atoms. The van der Waals surface area contributed by atoms with E-state index in [0.29, 0.717) is 24.5 Å². The van der Waals surface area contributed by atoms with E-state index in [-0.39, 0.29) is 11.7 Å². The quantitative estimate of drug-likeness (QED) is 0.859. The third-order valence-electron chi connectivity index (χ3n) is 3.91. The maximum absolute atomic E-state index is 12.9. The molecule has 0 radical (unpaired) electrons. The highest BCUT2D eigenvalue weighted by Crippen LogP contribution is 2.33. The zero-order valence-electron chi connectivity index (χ0n) is 12.6. The monoisotopic (exact) mass is 323 g/mol. The van der Waals surface area contributed by atoms with Crippen molar-refractivity contribution in [3.05, 3.63) is 41.9 Å².